The molecule has 0 saturated heterocycles. The standard InChI is InChI=1S/C16H20N2O8/c1-7(19)11(15(23)24)17-13(21)9-4-3-5-10(6-9)14(22)18-12(8(2)20)16(25)26/h3-8,11-12,19-20H,1-2H3,(H,17,21)(H,18,22)(H,23,24)(H,25,26)/t7-,8-,11-,12+/m1/s1. The van der Waals surface area contributed by atoms with Gasteiger partial charge in [0.05, 0.1) is 12.2 Å². The van der Waals surface area contributed by atoms with Crippen LogP contribution in [-0.4, -0.2) is 68.5 Å². The second kappa shape index (κ2) is 8.92. The van der Waals surface area contributed by atoms with Gasteiger partial charge in [-0.25, -0.2) is 9.59 Å². The Morgan fingerprint density at radius 1 is 0.808 bits per heavy atom. The van der Waals surface area contributed by atoms with Crippen LogP contribution in [0.2, 0.25) is 0 Å². The Morgan fingerprint density at radius 2 is 1.15 bits per heavy atom. The summed E-state index contributed by atoms with van der Waals surface area (Å²) in [6.45, 7) is 2.40. The van der Waals surface area contributed by atoms with Crippen LogP contribution in [0.25, 0.3) is 0 Å². The van der Waals surface area contributed by atoms with E-state index in [0.29, 0.717) is 0 Å². The summed E-state index contributed by atoms with van der Waals surface area (Å²) < 4.78 is 0. The fourth-order valence-electron chi connectivity index (χ4n) is 2.03. The monoisotopic (exact) mass is 368 g/mol. The van der Waals surface area contributed by atoms with Crippen molar-refractivity contribution in [2.75, 3.05) is 0 Å². The SMILES string of the molecule is C[C@@H](O)[C@H](NC(=O)c1cccc(C(=O)N[C@@H](C(=O)O)[C@@H](C)O)c1)C(=O)O. The maximum Gasteiger partial charge on any atom is 0.328 e. The molecule has 1 rings (SSSR count). The zero-order valence-electron chi connectivity index (χ0n) is 14.0. The van der Waals surface area contributed by atoms with Gasteiger partial charge in [0.25, 0.3) is 11.8 Å². The van der Waals surface area contributed by atoms with Gasteiger partial charge >= 0.3 is 11.9 Å². The summed E-state index contributed by atoms with van der Waals surface area (Å²) in [6, 6.07) is 2.04. The van der Waals surface area contributed by atoms with Crippen molar-refractivity contribution in [3.05, 3.63) is 35.4 Å². The quantitative estimate of drug-likeness (QED) is 0.332. The summed E-state index contributed by atoms with van der Waals surface area (Å²) >= 11 is 0. The first kappa shape index (κ1) is 21.1. The number of carboxylic acids is 2. The summed E-state index contributed by atoms with van der Waals surface area (Å²) in [5.41, 5.74) is -0.123. The number of carboxylic acid groups (broad SMARTS) is 2. The number of amides is 2. The van der Waals surface area contributed by atoms with Gasteiger partial charge in [0.2, 0.25) is 0 Å². The lowest BCUT2D eigenvalue weighted by molar-refractivity contribution is -0.142. The molecule has 0 heterocycles. The summed E-state index contributed by atoms with van der Waals surface area (Å²) in [7, 11) is 0. The number of aliphatic hydroxyl groups is 2. The van der Waals surface area contributed by atoms with Gasteiger partial charge in [-0.3, -0.25) is 9.59 Å². The molecule has 10 nitrogen and oxygen atoms in total. The van der Waals surface area contributed by atoms with E-state index in [1.165, 1.54) is 32.0 Å². The highest BCUT2D eigenvalue weighted by molar-refractivity contribution is 6.01. The van der Waals surface area contributed by atoms with E-state index >= 15 is 0 Å². The van der Waals surface area contributed by atoms with Gasteiger partial charge in [-0.15, -0.1) is 0 Å². The lowest BCUT2D eigenvalue weighted by atomic mass is 10.1. The molecule has 0 radical (unpaired) electrons. The Kier molecular flexibility index (Phi) is 7.23. The van der Waals surface area contributed by atoms with Crippen LogP contribution in [0.5, 0.6) is 0 Å². The molecule has 0 spiro atoms. The second-order valence-corrected chi connectivity index (χ2v) is 5.64. The van der Waals surface area contributed by atoms with Crippen LogP contribution < -0.4 is 10.6 Å². The van der Waals surface area contributed by atoms with Crippen molar-refractivity contribution in [3.8, 4) is 0 Å². The average Bonchev–Trinajstić information content (AvgIpc) is 2.55. The molecule has 1 aromatic carbocycles. The first-order chi connectivity index (χ1) is 12.0. The molecule has 0 aliphatic heterocycles. The molecule has 0 saturated carbocycles. The Hall–Kier alpha value is -2.98. The zero-order valence-corrected chi connectivity index (χ0v) is 14.0. The van der Waals surface area contributed by atoms with Gasteiger partial charge in [0, 0.05) is 11.1 Å². The van der Waals surface area contributed by atoms with Crippen LogP contribution in [0.3, 0.4) is 0 Å². The van der Waals surface area contributed by atoms with Crippen LogP contribution in [-0.2, 0) is 9.59 Å². The molecule has 6 N–H and O–H groups in total. The van der Waals surface area contributed by atoms with Crippen LogP contribution in [0.1, 0.15) is 34.6 Å². The molecular formula is C16H20N2O8. The van der Waals surface area contributed by atoms with Crippen LogP contribution in [0.15, 0.2) is 24.3 Å². The number of aliphatic hydroxyl groups excluding tert-OH is 2. The predicted molar refractivity (Wildman–Crippen MR) is 87.6 cm³/mol. The lowest BCUT2D eigenvalue weighted by Crippen LogP contribution is -2.48. The summed E-state index contributed by atoms with van der Waals surface area (Å²) in [5.74, 6) is -4.52. The summed E-state index contributed by atoms with van der Waals surface area (Å²) in [4.78, 5) is 46.3. The van der Waals surface area contributed by atoms with E-state index in [1.807, 2.05) is 0 Å². The number of carbonyl (C=O) groups excluding carboxylic acids is 2. The largest absolute Gasteiger partial charge is 0.480 e. The maximum absolute atomic E-state index is 12.1. The third-order valence-corrected chi connectivity index (χ3v) is 3.46. The van der Waals surface area contributed by atoms with Crippen molar-refractivity contribution in [2.45, 2.75) is 38.1 Å². The fourth-order valence-corrected chi connectivity index (χ4v) is 2.03. The Morgan fingerprint density at radius 3 is 1.42 bits per heavy atom. The van der Waals surface area contributed by atoms with E-state index in [2.05, 4.69) is 10.6 Å². The van der Waals surface area contributed by atoms with Crippen molar-refractivity contribution in [1.82, 2.24) is 10.6 Å². The molecule has 0 aromatic heterocycles. The third kappa shape index (κ3) is 5.53. The molecule has 0 fully saturated rings. The highest BCUT2D eigenvalue weighted by Gasteiger charge is 2.27. The topological polar surface area (TPSA) is 173 Å². The minimum absolute atomic E-state index is 0.0616. The second-order valence-electron chi connectivity index (χ2n) is 5.64. The number of nitrogens with one attached hydrogen (secondary N) is 2. The van der Waals surface area contributed by atoms with Gasteiger partial charge in [-0.1, -0.05) is 6.07 Å². The van der Waals surface area contributed by atoms with E-state index in [4.69, 9.17) is 10.2 Å². The molecule has 0 aliphatic carbocycles. The van der Waals surface area contributed by atoms with Crippen molar-refractivity contribution in [2.24, 2.45) is 0 Å². The molecule has 0 aliphatic rings. The van der Waals surface area contributed by atoms with Gasteiger partial charge < -0.3 is 31.1 Å². The maximum atomic E-state index is 12.1. The molecule has 0 unspecified atom stereocenters. The van der Waals surface area contributed by atoms with Gasteiger partial charge in [0.15, 0.2) is 12.1 Å². The summed E-state index contributed by atoms with van der Waals surface area (Å²) in [6.07, 6.45) is -2.68. The van der Waals surface area contributed by atoms with E-state index in [9.17, 15) is 29.4 Å². The third-order valence-electron chi connectivity index (χ3n) is 3.46. The molecule has 1 aromatic rings. The van der Waals surface area contributed by atoms with Crippen LogP contribution >= 0.6 is 0 Å². The highest BCUT2D eigenvalue weighted by atomic mass is 16.4. The minimum Gasteiger partial charge on any atom is -0.480 e. The lowest BCUT2D eigenvalue weighted by Gasteiger charge is -2.18. The molecule has 4 atom stereocenters. The first-order valence-electron chi connectivity index (χ1n) is 7.58. The number of hydrogen-bond donors (Lipinski definition) is 6. The Balaban J connectivity index is 2.96. The van der Waals surface area contributed by atoms with E-state index in [-0.39, 0.29) is 11.1 Å². The van der Waals surface area contributed by atoms with Gasteiger partial charge in [-0.05, 0) is 32.0 Å². The summed E-state index contributed by atoms with van der Waals surface area (Å²) in [5, 5.41) is 40.9. The van der Waals surface area contributed by atoms with E-state index < -0.39 is 48.0 Å². The van der Waals surface area contributed by atoms with Crippen LogP contribution in [0, 0.1) is 0 Å². The van der Waals surface area contributed by atoms with E-state index in [0.717, 1.165) is 6.07 Å². The fraction of sp³-hybridized carbons (Fsp3) is 0.375. The zero-order chi connectivity index (χ0) is 20.0. The smallest absolute Gasteiger partial charge is 0.328 e. The van der Waals surface area contributed by atoms with Gasteiger partial charge in [0.1, 0.15) is 0 Å². The molecule has 26 heavy (non-hydrogen) atoms. The number of carbonyl (C=O) groups is 4. The molecular weight excluding hydrogens is 348 g/mol. The van der Waals surface area contributed by atoms with Crippen molar-refractivity contribution >= 4 is 23.8 Å². The number of benzene rings is 1. The molecule has 142 valence electrons. The average molecular weight is 368 g/mol. The number of hydrogen-bond acceptors (Lipinski definition) is 6. The van der Waals surface area contributed by atoms with Crippen molar-refractivity contribution in [1.29, 1.82) is 0 Å². The number of aliphatic carboxylic acids is 2. The van der Waals surface area contributed by atoms with E-state index in [1.54, 1.807) is 0 Å². The highest BCUT2D eigenvalue weighted by Crippen LogP contribution is 2.08. The predicted octanol–water partition coefficient (Wildman–Crippen LogP) is -1.19. The normalized spacial score (nSPS) is 15.2. The van der Waals surface area contributed by atoms with Crippen molar-refractivity contribution in [3.63, 3.8) is 0 Å². The Bertz CT molecular complexity index is 646. The molecule has 10 heteroatoms. The number of rotatable bonds is 8. The van der Waals surface area contributed by atoms with Crippen LogP contribution in [0.4, 0.5) is 0 Å². The minimum atomic E-state index is -1.54. The first-order valence-corrected chi connectivity index (χ1v) is 7.58. The Labute approximate surface area is 148 Å². The van der Waals surface area contributed by atoms with Crippen molar-refractivity contribution < 1.29 is 39.6 Å². The van der Waals surface area contributed by atoms with Gasteiger partial charge in [-0.2, -0.15) is 0 Å². The molecule has 0 bridgehead atoms. The molecule has 2 amide bonds.